The van der Waals surface area contributed by atoms with Crippen LogP contribution in [0.3, 0.4) is 0 Å². The summed E-state index contributed by atoms with van der Waals surface area (Å²) in [4.78, 5) is 0. The molecule has 0 N–H and O–H groups in total. The number of benzene rings is 7. The number of para-hydroxylation sites is 3. The maximum absolute atomic E-state index is 2.54. The highest BCUT2D eigenvalue weighted by molar-refractivity contribution is 7.26. The summed E-state index contributed by atoms with van der Waals surface area (Å²) in [6, 6.07) is 57.4. The molecule has 45 heavy (non-hydrogen) atoms. The third-order valence-electron chi connectivity index (χ3n) is 9.31. The van der Waals surface area contributed by atoms with Gasteiger partial charge in [-0.25, -0.2) is 0 Å². The molecule has 0 aliphatic carbocycles. The third kappa shape index (κ3) is 3.44. The number of nitrogens with zero attached hydrogens (tertiary/aromatic N) is 2. The van der Waals surface area contributed by atoms with Crippen molar-refractivity contribution in [1.82, 2.24) is 9.13 Å². The van der Waals surface area contributed by atoms with E-state index in [1.165, 1.54) is 86.3 Å². The highest BCUT2D eigenvalue weighted by Crippen LogP contribution is 2.46. The monoisotopic (exact) mass is 590 g/mol. The molecule has 10 rings (SSSR count). The van der Waals surface area contributed by atoms with Crippen LogP contribution < -0.4 is 0 Å². The van der Waals surface area contributed by atoms with Gasteiger partial charge in [0.2, 0.25) is 0 Å². The van der Waals surface area contributed by atoms with Gasteiger partial charge in [0.05, 0.1) is 32.5 Å². The second-order valence-electron chi connectivity index (χ2n) is 11.7. The minimum atomic E-state index is 1.17. The molecular formula is C42H26N2S. The van der Waals surface area contributed by atoms with Crippen molar-refractivity contribution in [3.63, 3.8) is 0 Å². The zero-order valence-electron chi connectivity index (χ0n) is 24.3. The number of hydrogen-bond donors (Lipinski definition) is 0. The minimum absolute atomic E-state index is 1.17. The van der Waals surface area contributed by atoms with Crippen molar-refractivity contribution in [3.05, 3.63) is 158 Å². The summed E-state index contributed by atoms with van der Waals surface area (Å²) in [6.45, 7) is 0. The van der Waals surface area contributed by atoms with Crippen LogP contribution in [-0.4, -0.2) is 9.13 Å². The Morgan fingerprint density at radius 1 is 0.378 bits per heavy atom. The highest BCUT2D eigenvalue weighted by atomic mass is 32.1. The van der Waals surface area contributed by atoms with Crippen molar-refractivity contribution in [3.8, 4) is 22.5 Å². The van der Waals surface area contributed by atoms with Gasteiger partial charge in [0.25, 0.3) is 0 Å². The first-order valence-electron chi connectivity index (χ1n) is 15.4. The van der Waals surface area contributed by atoms with E-state index >= 15 is 0 Å². The van der Waals surface area contributed by atoms with Crippen LogP contribution in [0, 0.1) is 0 Å². The Labute approximate surface area is 263 Å². The van der Waals surface area contributed by atoms with Crippen LogP contribution in [0.5, 0.6) is 0 Å². The van der Waals surface area contributed by atoms with Crippen LogP contribution in [0.15, 0.2) is 158 Å². The normalized spacial score (nSPS) is 12.0. The van der Waals surface area contributed by atoms with Gasteiger partial charge in [0, 0.05) is 42.7 Å². The molecule has 0 aliphatic heterocycles. The molecule has 10 aromatic rings. The number of rotatable bonds is 3. The minimum Gasteiger partial charge on any atom is -0.309 e. The fraction of sp³-hybridized carbons (Fsp3) is 0. The topological polar surface area (TPSA) is 9.86 Å². The van der Waals surface area contributed by atoms with Crippen LogP contribution in [0.2, 0.25) is 0 Å². The molecule has 3 heteroatoms. The first-order valence-corrected chi connectivity index (χ1v) is 16.2. The van der Waals surface area contributed by atoms with Gasteiger partial charge in [-0.1, -0.05) is 121 Å². The van der Waals surface area contributed by atoms with Gasteiger partial charge in [-0.05, 0) is 47.5 Å². The van der Waals surface area contributed by atoms with E-state index in [1.807, 2.05) is 11.3 Å². The van der Waals surface area contributed by atoms with Crippen molar-refractivity contribution < 1.29 is 0 Å². The van der Waals surface area contributed by atoms with Crippen molar-refractivity contribution >= 4 is 75.1 Å². The fourth-order valence-electron chi connectivity index (χ4n) is 7.44. The molecule has 2 nitrogen and oxygen atoms in total. The molecule has 0 fully saturated rings. The second-order valence-corrected chi connectivity index (χ2v) is 12.7. The summed E-state index contributed by atoms with van der Waals surface area (Å²) in [5.74, 6) is 0. The average Bonchev–Trinajstić information content (AvgIpc) is 3.77. The number of fused-ring (bicyclic) bond motifs is 10. The van der Waals surface area contributed by atoms with E-state index in [9.17, 15) is 0 Å². The fourth-order valence-corrected chi connectivity index (χ4v) is 8.78. The lowest BCUT2D eigenvalue weighted by Gasteiger charge is -2.11. The lowest BCUT2D eigenvalue weighted by atomic mass is 10.0. The number of thiophene rings is 1. The largest absolute Gasteiger partial charge is 0.309 e. The number of aromatic nitrogens is 2. The maximum Gasteiger partial charge on any atom is 0.0641 e. The van der Waals surface area contributed by atoms with Crippen molar-refractivity contribution in [2.45, 2.75) is 0 Å². The van der Waals surface area contributed by atoms with E-state index < -0.39 is 0 Å². The molecule has 0 unspecified atom stereocenters. The Balaban J connectivity index is 1.38. The number of hydrogen-bond acceptors (Lipinski definition) is 1. The first-order chi connectivity index (χ1) is 22.4. The Kier molecular flexibility index (Phi) is 5.19. The highest BCUT2D eigenvalue weighted by Gasteiger charge is 2.22. The SMILES string of the molecule is c1ccc(-c2cccc3c2sc2c(-n4c5ccccc5c5ccc6c(c7ccccc7n6-c6ccccc6)c54)cccc23)cc1. The Hall–Kier alpha value is -5.64. The van der Waals surface area contributed by atoms with E-state index in [0.717, 1.165) is 0 Å². The molecular weight excluding hydrogens is 565 g/mol. The first kappa shape index (κ1) is 24.8. The van der Waals surface area contributed by atoms with Gasteiger partial charge in [-0.2, -0.15) is 0 Å². The average molecular weight is 591 g/mol. The summed E-state index contributed by atoms with van der Waals surface area (Å²) >= 11 is 1.91. The van der Waals surface area contributed by atoms with Gasteiger partial charge < -0.3 is 9.13 Å². The molecule has 3 aromatic heterocycles. The van der Waals surface area contributed by atoms with Crippen LogP contribution in [0.4, 0.5) is 0 Å². The maximum atomic E-state index is 2.54. The lowest BCUT2D eigenvalue weighted by molar-refractivity contribution is 1.18. The molecule has 0 spiro atoms. The molecule has 0 bridgehead atoms. The van der Waals surface area contributed by atoms with Gasteiger partial charge in [0.1, 0.15) is 0 Å². The Bertz CT molecular complexity index is 2740. The molecule has 0 aliphatic rings. The van der Waals surface area contributed by atoms with E-state index in [4.69, 9.17) is 0 Å². The summed E-state index contributed by atoms with van der Waals surface area (Å²) in [7, 11) is 0. The molecule has 0 saturated carbocycles. The van der Waals surface area contributed by atoms with Crippen molar-refractivity contribution in [1.29, 1.82) is 0 Å². The van der Waals surface area contributed by atoms with Crippen LogP contribution >= 0.6 is 11.3 Å². The Morgan fingerprint density at radius 2 is 1.00 bits per heavy atom. The van der Waals surface area contributed by atoms with Gasteiger partial charge >= 0.3 is 0 Å². The Morgan fingerprint density at radius 3 is 1.80 bits per heavy atom. The standard InChI is InChI=1S/C42H26N2S/c1-3-13-27(14-4-1)29-19-11-20-32-33-21-12-24-38(42(33)45-41(29)32)44-35-22-9-7-17-30(35)31-25-26-37-39(40(31)44)34-18-8-10-23-36(34)43(37)28-15-5-2-6-16-28/h1-26H. The van der Waals surface area contributed by atoms with E-state index in [1.54, 1.807) is 0 Å². The molecule has 0 radical (unpaired) electrons. The lowest BCUT2D eigenvalue weighted by Crippen LogP contribution is -1.95. The van der Waals surface area contributed by atoms with Gasteiger partial charge in [-0.15, -0.1) is 11.3 Å². The zero-order valence-corrected chi connectivity index (χ0v) is 25.1. The molecule has 0 atom stereocenters. The van der Waals surface area contributed by atoms with E-state index in [2.05, 4.69) is 167 Å². The molecule has 3 heterocycles. The van der Waals surface area contributed by atoms with Crippen LogP contribution in [0.25, 0.3) is 86.3 Å². The van der Waals surface area contributed by atoms with Crippen LogP contribution in [-0.2, 0) is 0 Å². The third-order valence-corrected chi connectivity index (χ3v) is 10.6. The zero-order chi connectivity index (χ0) is 29.5. The predicted octanol–water partition coefficient (Wildman–Crippen LogP) is 11.9. The molecule has 210 valence electrons. The summed E-state index contributed by atoms with van der Waals surface area (Å²) in [6.07, 6.45) is 0. The predicted molar refractivity (Wildman–Crippen MR) is 193 cm³/mol. The van der Waals surface area contributed by atoms with E-state index in [-0.39, 0.29) is 0 Å². The van der Waals surface area contributed by atoms with E-state index in [0.29, 0.717) is 0 Å². The van der Waals surface area contributed by atoms with Crippen LogP contribution in [0.1, 0.15) is 0 Å². The van der Waals surface area contributed by atoms with Crippen molar-refractivity contribution in [2.75, 3.05) is 0 Å². The summed E-state index contributed by atoms with van der Waals surface area (Å²) in [5, 5.41) is 7.71. The molecule has 0 amide bonds. The molecule has 0 saturated heterocycles. The second kappa shape index (κ2) is 9.43. The summed E-state index contributed by atoms with van der Waals surface area (Å²) in [5.41, 5.74) is 9.86. The van der Waals surface area contributed by atoms with Gasteiger partial charge in [-0.3, -0.25) is 0 Å². The molecule has 7 aromatic carbocycles. The summed E-state index contributed by atoms with van der Waals surface area (Å²) < 4.78 is 7.59. The van der Waals surface area contributed by atoms with Gasteiger partial charge in [0.15, 0.2) is 0 Å². The van der Waals surface area contributed by atoms with Crippen molar-refractivity contribution in [2.24, 2.45) is 0 Å². The quantitative estimate of drug-likeness (QED) is 0.194. The smallest absolute Gasteiger partial charge is 0.0641 e.